The number of aromatic nitrogens is 3. The zero-order valence-corrected chi connectivity index (χ0v) is 12.3. The quantitative estimate of drug-likeness (QED) is 0.844. The summed E-state index contributed by atoms with van der Waals surface area (Å²) in [6.07, 6.45) is 0.844. The fraction of sp³-hybridized carbons (Fsp3) is 0.250. The molecule has 100 valence electrons. The molecule has 2 aromatic rings. The predicted molar refractivity (Wildman–Crippen MR) is 76.1 cm³/mol. The van der Waals surface area contributed by atoms with E-state index in [0.717, 1.165) is 6.42 Å². The maximum Gasteiger partial charge on any atom is 0.321 e. The summed E-state index contributed by atoms with van der Waals surface area (Å²) in [5.74, 6) is 0.332. The highest BCUT2D eigenvalue weighted by Gasteiger charge is 2.12. The number of hydrogen-bond acceptors (Lipinski definition) is 4. The van der Waals surface area contributed by atoms with Gasteiger partial charge in [0.05, 0.1) is 11.6 Å². The molecule has 0 aliphatic heterocycles. The average Bonchev–Trinajstić information content (AvgIpc) is 2.38. The SMILES string of the molecule is CCCOc1nc(Cl)nc(-c2cc(Cl)ccc2Cl)n1. The zero-order chi connectivity index (χ0) is 13.8. The van der Waals surface area contributed by atoms with Crippen molar-refractivity contribution >= 4 is 34.8 Å². The molecular formula is C12H10Cl3N3O. The van der Waals surface area contributed by atoms with Crippen molar-refractivity contribution in [3.63, 3.8) is 0 Å². The molecule has 0 radical (unpaired) electrons. The van der Waals surface area contributed by atoms with Gasteiger partial charge in [0.15, 0.2) is 5.82 Å². The molecule has 2 rings (SSSR count). The smallest absolute Gasteiger partial charge is 0.321 e. The number of hydrogen-bond donors (Lipinski definition) is 0. The van der Waals surface area contributed by atoms with E-state index in [9.17, 15) is 0 Å². The molecule has 0 bridgehead atoms. The molecule has 19 heavy (non-hydrogen) atoms. The number of rotatable bonds is 4. The van der Waals surface area contributed by atoms with Crippen LogP contribution in [-0.2, 0) is 0 Å². The average molecular weight is 319 g/mol. The lowest BCUT2D eigenvalue weighted by molar-refractivity contribution is 0.291. The fourth-order valence-electron chi connectivity index (χ4n) is 1.38. The highest BCUT2D eigenvalue weighted by Crippen LogP contribution is 2.29. The second-order valence-corrected chi connectivity index (χ2v) is 4.86. The summed E-state index contributed by atoms with van der Waals surface area (Å²) in [6, 6.07) is 5.20. The Labute approximate surface area is 125 Å². The van der Waals surface area contributed by atoms with Crippen LogP contribution in [0.5, 0.6) is 6.01 Å². The molecule has 0 aliphatic rings. The van der Waals surface area contributed by atoms with E-state index in [1.54, 1.807) is 18.2 Å². The van der Waals surface area contributed by atoms with Crippen molar-refractivity contribution in [2.75, 3.05) is 6.61 Å². The van der Waals surface area contributed by atoms with Crippen LogP contribution in [0.1, 0.15) is 13.3 Å². The van der Waals surface area contributed by atoms with E-state index in [1.807, 2.05) is 6.92 Å². The summed E-state index contributed by atoms with van der Waals surface area (Å²) >= 11 is 17.9. The third-order valence-electron chi connectivity index (χ3n) is 2.19. The van der Waals surface area contributed by atoms with Crippen molar-refractivity contribution in [1.82, 2.24) is 15.0 Å². The van der Waals surface area contributed by atoms with Crippen molar-refractivity contribution in [3.8, 4) is 17.4 Å². The first kappa shape index (κ1) is 14.3. The van der Waals surface area contributed by atoms with Crippen molar-refractivity contribution in [2.24, 2.45) is 0 Å². The van der Waals surface area contributed by atoms with E-state index in [2.05, 4.69) is 15.0 Å². The molecule has 1 heterocycles. The number of halogens is 3. The van der Waals surface area contributed by atoms with Crippen LogP contribution in [0.2, 0.25) is 15.3 Å². The molecule has 0 saturated heterocycles. The van der Waals surface area contributed by atoms with Gasteiger partial charge in [-0.25, -0.2) is 0 Å². The Hall–Kier alpha value is -1.10. The molecule has 0 spiro atoms. The van der Waals surface area contributed by atoms with Crippen LogP contribution in [0, 0.1) is 0 Å². The minimum absolute atomic E-state index is 0.0483. The molecule has 7 heteroatoms. The van der Waals surface area contributed by atoms with Gasteiger partial charge >= 0.3 is 6.01 Å². The highest BCUT2D eigenvalue weighted by molar-refractivity contribution is 6.35. The third kappa shape index (κ3) is 3.69. The number of nitrogens with zero attached hydrogens (tertiary/aromatic N) is 3. The van der Waals surface area contributed by atoms with Crippen LogP contribution < -0.4 is 4.74 Å². The van der Waals surface area contributed by atoms with E-state index in [0.29, 0.717) is 28.0 Å². The van der Waals surface area contributed by atoms with Crippen molar-refractivity contribution < 1.29 is 4.74 Å². The van der Waals surface area contributed by atoms with Crippen LogP contribution in [0.15, 0.2) is 18.2 Å². The summed E-state index contributed by atoms with van der Waals surface area (Å²) in [5.41, 5.74) is 0.583. The Morgan fingerprint density at radius 3 is 2.63 bits per heavy atom. The van der Waals surface area contributed by atoms with Gasteiger partial charge in [-0.1, -0.05) is 30.1 Å². The largest absolute Gasteiger partial charge is 0.463 e. The van der Waals surface area contributed by atoms with E-state index < -0.39 is 0 Å². The zero-order valence-electron chi connectivity index (χ0n) is 10.0. The van der Waals surface area contributed by atoms with E-state index in [4.69, 9.17) is 39.5 Å². The van der Waals surface area contributed by atoms with Crippen molar-refractivity contribution in [2.45, 2.75) is 13.3 Å². The monoisotopic (exact) mass is 317 g/mol. The van der Waals surface area contributed by atoms with Gasteiger partial charge in [0.2, 0.25) is 5.28 Å². The lowest BCUT2D eigenvalue weighted by atomic mass is 10.2. The Bertz CT molecular complexity index is 592. The van der Waals surface area contributed by atoms with E-state index in [1.165, 1.54) is 0 Å². The normalized spacial score (nSPS) is 10.5. The summed E-state index contributed by atoms with van der Waals surface area (Å²) in [4.78, 5) is 12.1. The minimum Gasteiger partial charge on any atom is -0.463 e. The molecule has 0 unspecified atom stereocenters. The predicted octanol–water partition coefficient (Wildman–Crippen LogP) is 4.29. The van der Waals surface area contributed by atoms with Gasteiger partial charge in [0.1, 0.15) is 0 Å². The van der Waals surface area contributed by atoms with E-state index in [-0.39, 0.29) is 11.3 Å². The van der Waals surface area contributed by atoms with Gasteiger partial charge in [-0.05, 0) is 36.2 Å². The van der Waals surface area contributed by atoms with E-state index >= 15 is 0 Å². The molecule has 0 atom stereocenters. The summed E-state index contributed by atoms with van der Waals surface area (Å²) in [6.45, 7) is 2.49. The maximum atomic E-state index is 6.10. The summed E-state index contributed by atoms with van der Waals surface area (Å²) in [5, 5.41) is 1.06. The first-order chi connectivity index (χ1) is 9.10. The van der Waals surface area contributed by atoms with Crippen molar-refractivity contribution in [3.05, 3.63) is 33.5 Å². The van der Waals surface area contributed by atoms with Crippen molar-refractivity contribution in [1.29, 1.82) is 0 Å². The molecular weight excluding hydrogens is 309 g/mol. The van der Waals surface area contributed by atoms with Gasteiger partial charge < -0.3 is 4.74 Å². The first-order valence-electron chi connectivity index (χ1n) is 5.60. The molecule has 0 saturated carbocycles. The molecule has 0 fully saturated rings. The Balaban J connectivity index is 2.43. The van der Waals surface area contributed by atoms with Crippen LogP contribution in [0.4, 0.5) is 0 Å². The first-order valence-corrected chi connectivity index (χ1v) is 6.73. The minimum atomic E-state index is 0.0483. The standard InChI is InChI=1S/C12H10Cl3N3O/c1-2-5-19-12-17-10(16-11(15)18-12)8-6-7(13)3-4-9(8)14/h3-4,6H,2,5H2,1H3. The molecule has 0 N–H and O–H groups in total. The van der Waals surface area contributed by atoms with Gasteiger partial charge in [-0.15, -0.1) is 0 Å². The Kier molecular flexibility index (Phi) is 4.80. The third-order valence-corrected chi connectivity index (χ3v) is 2.93. The second-order valence-electron chi connectivity index (χ2n) is 3.68. The Morgan fingerprint density at radius 2 is 1.89 bits per heavy atom. The molecule has 1 aromatic carbocycles. The molecule has 0 aliphatic carbocycles. The topological polar surface area (TPSA) is 47.9 Å². The number of benzene rings is 1. The Morgan fingerprint density at radius 1 is 1.11 bits per heavy atom. The number of ether oxygens (including phenoxy) is 1. The van der Waals surface area contributed by atoms with Crippen LogP contribution in [0.25, 0.3) is 11.4 Å². The van der Waals surface area contributed by atoms with Crippen LogP contribution in [-0.4, -0.2) is 21.6 Å². The molecule has 1 aromatic heterocycles. The van der Waals surface area contributed by atoms with Crippen LogP contribution in [0.3, 0.4) is 0 Å². The lowest BCUT2D eigenvalue weighted by Gasteiger charge is -2.07. The summed E-state index contributed by atoms with van der Waals surface area (Å²) < 4.78 is 5.35. The second kappa shape index (κ2) is 6.37. The van der Waals surface area contributed by atoms with Crippen LogP contribution >= 0.6 is 34.8 Å². The van der Waals surface area contributed by atoms with Gasteiger partial charge in [-0.2, -0.15) is 15.0 Å². The van der Waals surface area contributed by atoms with Gasteiger partial charge in [0, 0.05) is 10.6 Å². The van der Waals surface area contributed by atoms with Gasteiger partial charge in [0.25, 0.3) is 0 Å². The highest BCUT2D eigenvalue weighted by atomic mass is 35.5. The fourth-order valence-corrected chi connectivity index (χ4v) is 1.91. The molecule has 4 nitrogen and oxygen atoms in total. The van der Waals surface area contributed by atoms with Gasteiger partial charge in [-0.3, -0.25) is 0 Å². The summed E-state index contributed by atoms with van der Waals surface area (Å²) in [7, 11) is 0. The molecule has 0 amide bonds. The lowest BCUT2D eigenvalue weighted by Crippen LogP contribution is -2.03. The maximum absolute atomic E-state index is 6.10.